The molecule has 1 fully saturated rings. The fourth-order valence-corrected chi connectivity index (χ4v) is 3.75. The molecule has 0 saturated carbocycles. The van der Waals surface area contributed by atoms with Gasteiger partial charge in [-0.15, -0.1) is 0 Å². The quantitative estimate of drug-likeness (QED) is 0.572. The minimum absolute atomic E-state index is 0.0204. The van der Waals surface area contributed by atoms with E-state index in [-0.39, 0.29) is 17.4 Å². The fourth-order valence-electron chi connectivity index (χ4n) is 3.75. The lowest BCUT2D eigenvalue weighted by Gasteiger charge is -2.25. The highest BCUT2D eigenvalue weighted by Gasteiger charge is 2.22. The SMILES string of the molecule is CN(C)c1ccc(CN(CC2CCCO2)C(=O)/C=C/c2ccc(C(C)(C)C)cc2)cc1. The Balaban J connectivity index is 1.71. The van der Waals surface area contributed by atoms with Crippen molar-refractivity contribution >= 4 is 17.7 Å². The molecule has 0 bridgehead atoms. The summed E-state index contributed by atoms with van der Waals surface area (Å²) in [5, 5.41) is 0. The maximum Gasteiger partial charge on any atom is 0.246 e. The molecule has 1 saturated heterocycles. The normalized spacial score (nSPS) is 16.6. The van der Waals surface area contributed by atoms with Crippen molar-refractivity contribution in [1.82, 2.24) is 4.90 Å². The number of amides is 1. The summed E-state index contributed by atoms with van der Waals surface area (Å²) in [4.78, 5) is 17.1. The molecule has 0 N–H and O–H groups in total. The van der Waals surface area contributed by atoms with Gasteiger partial charge in [-0.3, -0.25) is 4.79 Å². The van der Waals surface area contributed by atoms with Gasteiger partial charge in [-0.2, -0.15) is 0 Å². The lowest BCUT2D eigenvalue weighted by atomic mass is 9.87. The standard InChI is InChI=1S/C27H36N2O2/c1-27(2,3)23-13-8-21(9-14-23)12-17-26(30)29(20-25-7-6-18-31-25)19-22-10-15-24(16-11-22)28(4)5/h8-17,25H,6-7,18-20H2,1-5H3/b17-12+. The number of carbonyl (C=O) groups excluding carboxylic acids is 1. The number of benzene rings is 2. The van der Waals surface area contributed by atoms with Crippen molar-refractivity contribution in [1.29, 1.82) is 0 Å². The predicted molar refractivity (Wildman–Crippen MR) is 129 cm³/mol. The summed E-state index contributed by atoms with van der Waals surface area (Å²) in [6.45, 7) is 8.61. The Morgan fingerprint density at radius 3 is 2.29 bits per heavy atom. The third-order valence-corrected chi connectivity index (χ3v) is 5.78. The molecule has 0 spiro atoms. The molecule has 31 heavy (non-hydrogen) atoms. The first-order valence-corrected chi connectivity index (χ1v) is 11.2. The molecule has 2 aromatic carbocycles. The summed E-state index contributed by atoms with van der Waals surface area (Å²) < 4.78 is 5.81. The monoisotopic (exact) mass is 420 g/mol. The Bertz CT molecular complexity index is 871. The Kier molecular flexibility index (Phi) is 7.55. The second kappa shape index (κ2) is 10.1. The van der Waals surface area contributed by atoms with Crippen LogP contribution in [0, 0.1) is 0 Å². The number of hydrogen-bond donors (Lipinski definition) is 0. The number of carbonyl (C=O) groups is 1. The number of anilines is 1. The fraction of sp³-hybridized carbons (Fsp3) is 0.444. The van der Waals surface area contributed by atoms with E-state index in [4.69, 9.17) is 4.74 Å². The Hall–Kier alpha value is -2.59. The van der Waals surface area contributed by atoms with E-state index in [1.807, 2.05) is 25.1 Å². The van der Waals surface area contributed by atoms with E-state index < -0.39 is 0 Å². The highest BCUT2D eigenvalue weighted by molar-refractivity contribution is 5.91. The summed E-state index contributed by atoms with van der Waals surface area (Å²) in [5.41, 5.74) is 4.73. The smallest absolute Gasteiger partial charge is 0.246 e. The third-order valence-electron chi connectivity index (χ3n) is 5.78. The minimum atomic E-state index is 0.0204. The van der Waals surface area contributed by atoms with E-state index in [2.05, 4.69) is 74.2 Å². The molecule has 1 amide bonds. The van der Waals surface area contributed by atoms with E-state index in [9.17, 15) is 4.79 Å². The molecule has 1 heterocycles. The van der Waals surface area contributed by atoms with Crippen molar-refractivity contribution in [2.75, 3.05) is 32.1 Å². The van der Waals surface area contributed by atoms with E-state index in [0.717, 1.165) is 36.3 Å². The molecule has 0 aromatic heterocycles. The average Bonchev–Trinajstić information content (AvgIpc) is 3.25. The third kappa shape index (κ3) is 6.70. The molecule has 1 aliphatic heterocycles. The van der Waals surface area contributed by atoms with Gasteiger partial charge >= 0.3 is 0 Å². The van der Waals surface area contributed by atoms with Gasteiger partial charge in [-0.25, -0.2) is 0 Å². The van der Waals surface area contributed by atoms with E-state index in [1.54, 1.807) is 6.08 Å². The van der Waals surface area contributed by atoms with Crippen LogP contribution in [0.2, 0.25) is 0 Å². The summed E-state index contributed by atoms with van der Waals surface area (Å²) in [5.74, 6) is 0.0204. The van der Waals surface area contributed by atoms with Crippen LogP contribution in [0.4, 0.5) is 5.69 Å². The van der Waals surface area contributed by atoms with Crippen LogP contribution in [-0.2, 0) is 21.5 Å². The number of nitrogens with zero attached hydrogens (tertiary/aromatic N) is 2. The summed E-state index contributed by atoms with van der Waals surface area (Å²) in [7, 11) is 4.06. The van der Waals surface area contributed by atoms with Crippen molar-refractivity contribution in [3.05, 3.63) is 71.3 Å². The molecule has 2 aromatic rings. The van der Waals surface area contributed by atoms with Crippen LogP contribution in [0.3, 0.4) is 0 Å². The number of rotatable bonds is 7. The van der Waals surface area contributed by atoms with E-state index in [1.165, 1.54) is 5.56 Å². The van der Waals surface area contributed by atoms with Crippen molar-refractivity contribution in [3.8, 4) is 0 Å². The lowest BCUT2D eigenvalue weighted by Crippen LogP contribution is -2.35. The zero-order valence-corrected chi connectivity index (χ0v) is 19.6. The van der Waals surface area contributed by atoms with Crippen molar-refractivity contribution in [2.45, 2.75) is 51.7 Å². The summed E-state index contributed by atoms with van der Waals surface area (Å²) >= 11 is 0. The van der Waals surface area contributed by atoms with E-state index in [0.29, 0.717) is 13.1 Å². The first kappa shape index (κ1) is 23.1. The molecule has 1 atom stereocenters. The van der Waals surface area contributed by atoms with Crippen LogP contribution in [0.1, 0.15) is 50.3 Å². The number of hydrogen-bond acceptors (Lipinski definition) is 3. The van der Waals surface area contributed by atoms with Crippen LogP contribution < -0.4 is 4.90 Å². The average molecular weight is 421 g/mol. The molecular weight excluding hydrogens is 384 g/mol. The first-order chi connectivity index (χ1) is 14.7. The molecule has 0 radical (unpaired) electrons. The van der Waals surface area contributed by atoms with Crippen molar-refractivity contribution < 1.29 is 9.53 Å². The first-order valence-electron chi connectivity index (χ1n) is 11.2. The molecule has 1 unspecified atom stereocenters. The minimum Gasteiger partial charge on any atom is -0.378 e. The Morgan fingerprint density at radius 2 is 1.74 bits per heavy atom. The van der Waals surface area contributed by atoms with Crippen LogP contribution >= 0.6 is 0 Å². The number of ether oxygens (including phenoxy) is 1. The molecule has 4 nitrogen and oxygen atoms in total. The molecule has 3 rings (SSSR count). The van der Waals surface area contributed by atoms with Crippen molar-refractivity contribution in [2.24, 2.45) is 0 Å². The van der Waals surface area contributed by atoms with Crippen LogP contribution in [-0.4, -0.2) is 44.2 Å². The highest BCUT2D eigenvalue weighted by Crippen LogP contribution is 2.23. The van der Waals surface area contributed by atoms with Gasteiger partial charge < -0.3 is 14.5 Å². The second-order valence-corrected chi connectivity index (χ2v) is 9.62. The van der Waals surface area contributed by atoms with Crippen molar-refractivity contribution in [3.63, 3.8) is 0 Å². The van der Waals surface area contributed by atoms with Crippen LogP contribution in [0.15, 0.2) is 54.6 Å². The Morgan fingerprint density at radius 1 is 1.06 bits per heavy atom. The van der Waals surface area contributed by atoms with Gasteiger partial charge in [0.2, 0.25) is 5.91 Å². The summed E-state index contributed by atoms with van der Waals surface area (Å²) in [6, 6.07) is 16.8. The molecule has 0 aliphatic carbocycles. The van der Waals surface area contributed by atoms with Crippen LogP contribution in [0.25, 0.3) is 6.08 Å². The zero-order valence-electron chi connectivity index (χ0n) is 19.6. The maximum atomic E-state index is 13.1. The van der Waals surface area contributed by atoms with Gasteiger partial charge in [-0.05, 0) is 53.2 Å². The van der Waals surface area contributed by atoms with Gasteiger partial charge in [0.25, 0.3) is 0 Å². The van der Waals surface area contributed by atoms with Crippen LogP contribution in [0.5, 0.6) is 0 Å². The predicted octanol–water partition coefficient (Wildman–Crippen LogP) is 5.27. The van der Waals surface area contributed by atoms with Gasteiger partial charge in [0, 0.05) is 45.6 Å². The molecule has 166 valence electrons. The molecular formula is C27H36N2O2. The topological polar surface area (TPSA) is 32.8 Å². The zero-order chi connectivity index (χ0) is 22.4. The largest absolute Gasteiger partial charge is 0.378 e. The molecule has 4 heteroatoms. The van der Waals surface area contributed by atoms with Gasteiger partial charge in [0.15, 0.2) is 0 Å². The maximum absolute atomic E-state index is 13.1. The lowest BCUT2D eigenvalue weighted by molar-refractivity contribution is -0.128. The second-order valence-electron chi connectivity index (χ2n) is 9.62. The van der Waals surface area contributed by atoms with E-state index >= 15 is 0 Å². The summed E-state index contributed by atoms with van der Waals surface area (Å²) in [6.07, 6.45) is 5.81. The van der Waals surface area contributed by atoms with Gasteiger partial charge in [0.05, 0.1) is 6.10 Å². The van der Waals surface area contributed by atoms with Gasteiger partial charge in [0.1, 0.15) is 0 Å². The van der Waals surface area contributed by atoms with Gasteiger partial charge in [-0.1, -0.05) is 57.2 Å². The Labute approximate surface area is 187 Å². The highest BCUT2D eigenvalue weighted by atomic mass is 16.5. The molecule has 1 aliphatic rings.